The van der Waals surface area contributed by atoms with Crippen LogP contribution in [0.4, 0.5) is 0 Å². The highest BCUT2D eigenvalue weighted by molar-refractivity contribution is 4.91. The van der Waals surface area contributed by atoms with E-state index in [9.17, 15) is 10.2 Å². The van der Waals surface area contributed by atoms with Gasteiger partial charge < -0.3 is 20.4 Å². The summed E-state index contributed by atoms with van der Waals surface area (Å²) in [4.78, 5) is 0. The third-order valence-corrected chi connectivity index (χ3v) is 3.63. The summed E-state index contributed by atoms with van der Waals surface area (Å²) in [5.74, 6) is -0.147. The quantitative estimate of drug-likeness (QED) is 0.484. The number of aliphatic hydroxyl groups is 4. The Balaban J connectivity index is 2.68. The van der Waals surface area contributed by atoms with E-state index >= 15 is 0 Å². The van der Waals surface area contributed by atoms with E-state index in [0.29, 0.717) is 6.42 Å². The fourth-order valence-electron chi connectivity index (χ4n) is 2.52. The van der Waals surface area contributed by atoms with Crippen LogP contribution >= 0.6 is 0 Å². The van der Waals surface area contributed by atoms with Crippen LogP contribution in [0.1, 0.15) is 13.3 Å². The van der Waals surface area contributed by atoms with Gasteiger partial charge in [0, 0.05) is 25.7 Å². The Kier molecular flexibility index (Phi) is 4.31. The number of hydrogen-bond donors (Lipinski definition) is 4. The fraction of sp³-hybridized carbons (Fsp3) is 1.00. The zero-order chi connectivity index (χ0) is 10.7. The number of hydrogen-bond acceptors (Lipinski definition) is 4. The van der Waals surface area contributed by atoms with Gasteiger partial charge in [0.05, 0.1) is 6.10 Å². The van der Waals surface area contributed by atoms with E-state index in [2.05, 4.69) is 0 Å². The zero-order valence-corrected chi connectivity index (χ0v) is 8.50. The van der Waals surface area contributed by atoms with Crippen molar-refractivity contribution in [3.05, 3.63) is 0 Å². The van der Waals surface area contributed by atoms with E-state index in [4.69, 9.17) is 10.2 Å². The van der Waals surface area contributed by atoms with Crippen molar-refractivity contribution in [2.45, 2.75) is 19.4 Å². The molecule has 0 amide bonds. The summed E-state index contributed by atoms with van der Waals surface area (Å²) >= 11 is 0. The molecule has 4 N–H and O–H groups in total. The molecular formula is C10H20O4. The van der Waals surface area contributed by atoms with E-state index in [1.807, 2.05) is 6.92 Å². The molecule has 0 aromatic rings. The van der Waals surface area contributed by atoms with Crippen molar-refractivity contribution < 1.29 is 20.4 Å². The molecule has 0 spiro atoms. The molecule has 0 radical (unpaired) electrons. The minimum Gasteiger partial charge on any atom is -0.396 e. The molecule has 84 valence electrons. The molecule has 0 bridgehead atoms. The Morgan fingerprint density at radius 2 is 1.79 bits per heavy atom. The number of rotatable bonds is 4. The maximum absolute atomic E-state index is 9.64. The molecule has 4 nitrogen and oxygen atoms in total. The third-order valence-electron chi connectivity index (χ3n) is 3.63. The summed E-state index contributed by atoms with van der Waals surface area (Å²) in [6.45, 7) is 1.74. The molecule has 1 aliphatic rings. The maximum Gasteiger partial charge on any atom is 0.0572 e. The standard InChI is InChI=1S/C10H20O4/c1-6-9(5-13)8(2-10(6)14)7(3-11)4-12/h6-14H,2-5H2,1H3/t6-,8-,9+,10-/m0/s1. The highest BCUT2D eigenvalue weighted by Gasteiger charge is 2.42. The Hall–Kier alpha value is -0.160. The van der Waals surface area contributed by atoms with Crippen molar-refractivity contribution in [1.82, 2.24) is 0 Å². The largest absolute Gasteiger partial charge is 0.396 e. The van der Waals surface area contributed by atoms with Crippen molar-refractivity contribution in [3.8, 4) is 0 Å². The van der Waals surface area contributed by atoms with Crippen LogP contribution in [-0.2, 0) is 0 Å². The molecular weight excluding hydrogens is 184 g/mol. The van der Waals surface area contributed by atoms with E-state index in [1.165, 1.54) is 0 Å². The van der Waals surface area contributed by atoms with Gasteiger partial charge in [0.1, 0.15) is 0 Å². The normalized spacial score (nSPS) is 38.1. The van der Waals surface area contributed by atoms with Crippen molar-refractivity contribution in [3.63, 3.8) is 0 Å². The lowest BCUT2D eigenvalue weighted by atomic mass is 9.82. The molecule has 0 heterocycles. The van der Waals surface area contributed by atoms with Gasteiger partial charge in [-0.25, -0.2) is 0 Å². The molecule has 0 saturated heterocycles. The van der Waals surface area contributed by atoms with Crippen molar-refractivity contribution >= 4 is 0 Å². The van der Waals surface area contributed by atoms with E-state index < -0.39 is 6.10 Å². The second-order valence-electron chi connectivity index (χ2n) is 4.30. The minimum absolute atomic E-state index is 0.00528. The molecule has 1 saturated carbocycles. The lowest BCUT2D eigenvalue weighted by molar-refractivity contribution is 0.0616. The summed E-state index contributed by atoms with van der Waals surface area (Å²) in [5, 5.41) is 36.9. The molecule has 1 rings (SSSR count). The highest BCUT2D eigenvalue weighted by atomic mass is 16.3. The van der Waals surface area contributed by atoms with Crippen molar-refractivity contribution in [2.24, 2.45) is 23.7 Å². The predicted molar refractivity (Wildman–Crippen MR) is 51.5 cm³/mol. The van der Waals surface area contributed by atoms with Gasteiger partial charge in [0.15, 0.2) is 0 Å². The van der Waals surface area contributed by atoms with Crippen LogP contribution in [0.2, 0.25) is 0 Å². The average Bonchev–Trinajstić information content (AvgIpc) is 2.45. The van der Waals surface area contributed by atoms with Gasteiger partial charge >= 0.3 is 0 Å². The fourth-order valence-corrected chi connectivity index (χ4v) is 2.52. The van der Waals surface area contributed by atoms with Gasteiger partial charge in [0.25, 0.3) is 0 Å². The van der Waals surface area contributed by atoms with Crippen LogP contribution in [0.25, 0.3) is 0 Å². The summed E-state index contributed by atoms with van der Waals surface area (Å²) < 4.78 is 0. The summed E-state index contributed by atoms with van der Waals surface area (Å²) in [5.41, 5.74) is 0. The van der Waals surface area contributed by atoms with Crippen LogP contribution < -0.4 is 0 Å². The summed E-state index contributed by atoms with van der Waals surface area (Å²) in [6, 6.07) is 0. The average molecular weight is 204 g/mol. The second kappa shape index (κ2) is 5.07. The third kappa shape index (κ3) is 2.08. The Morgan fingerprint density at radius 3 is 2.21 bits per heavy atom. The summed E-state index contributed by atoms with van der Waals surface area (Å²) in [6.07, 6.45) is 0.149. The Bertz CT molecular complexity index is 170. The van der Waals surface area contributed by atoms with Crippen LogP contribution in [0.15, 0.2) is 0 Å². The van der Waals surface area contributed by atoms with Gasteiger partial charge in [0.2, 0.25) is 0 Å². The Morgan fingerprint density at radius 1 is 1.21 bits per heavy atom. The summed E-state index contributed by atoms with van der Waals surface area (Å²) in [7, 11) is 0. The van der Waals surface area contributed by atoms with Gasteiger partial charge in [-0.3, -0.25) is 0 Å². The minimum atomic E-state index is -0.419. The smallest absolute Gasteiger partial charge is 0.0572 e. The zero-order valence-electron chi connectivity index (χ0n) is 8.50. The van der Waals surface area contributed by atoms with Crippen LogP contribution in [0.5, 0.6) is 0 Å². The molecule has 0 aliphatic heterocycles. The van der Waals surface area contributed by atoms with Gasteiger partial charge in [-0.05, 0) is 24.2 Å². The number of aliphatic hydroxyl groups excluding tert-OH is 4. The lowest BCUT2D eigenvalue weighted by Gasteiger charge is -2.25. The predicted octanol–water partition coefficient (Wildman–Crippen LogP) is -0.787. The second-order valence-corrected chi connectivity index (χ2v) is 4.30. The van der Waals surface area contributed by atoms with Crippen molar-refractivity contribution in [1.29, 1.82) is 0 Å². The van der Waals surface area contributed by atoms with E-state index in [1.54, 1.807) is 0 Å². The van der Waals surface area contributed by atoms with Gasteiger partial charge in [-0.15, -0.1) is 0 Å². The first-order valence-corrected chi connectivity index (χ1v) is 5.16. The monoisotopic (exact) mass is 204 g/mol. The topological polar surface area (TPSA) is 80.9 Å². The van der Waals surface area contributed by atoms with Crippen molar-refractivity contribution in [2.75, 3.05) is 19.8 Å². The van der Waals surface area contributed by atoms with Crippen LogP contribution in [-0.4, -0.2) is 46.4 Å². The molecule has 0 aromatic heterocycles. The van der Waals surface area contributed by atoms with Crippen LogP contribution in [0, 0.1) is 23.7 Å². The molecule has 14 heavy (non-hydrogen) atoms. The first kappa shape index (κ1) is 11.9. The van der Waals surface area contributed by atoms with E-state index in [0.717, 1.165) is 0 Å². The van der Waals surface area contributed by atoms with E-state index in [-0.39, 0.29) is 43.5 Å². The molecule has 4 atom stereocenters. The first-order chi connectivity index (χ1) is 6.65. The molecule has 4 heteroatoms. The SMILES string of the molecule is C[C@H]1[C@@H](CO)[C@H](C(CO)CO)C[C@@H]1O. The lowest BCUT2D eigenvalue weighted by Crippen LogP contribution is -2.29. The molecule has 0 unspecified atom stereocenters. The van der Waals surface area contributed by atoms with Crippen LogP contribution in [0.3, 0.4) is 0 Å². The maximum atomic E-state index is 9.64. The molecule has 0 aromatic carbocycles. The van der Waals surface area contributed by atoms with Gasteiger partial charge in [-0.2, -0.15) is 0 Å². The molecule has 1 fully saturated rings. The highest BCUT2D eigenvalue weighted by Crippen LogP contribution is 2.40. The Labute approximate surface area is 84.2 Å². The molecule has 1 aliphatic carbocycles. The van der Waals surface area contributed by atoms with Gasteiger partial charge in [-0.1, -0.05) is 6.92 Å². The first-order valence-electron chi connectivity index (χ1n) is 5.16.